The second-order valence-electron chi connectivity index (χ2n) is 6.34. The van der Waals surface area contributed by atoms with Crippen molar-refractivity contribution in [3.05, 3.63) is 30.1 Å². The van der Waals surface area contributed by atoms with Gasteiger partial charge in [-0.3, -0.25) is 9.48 Å². The SMILES string of the molecule is Cc1cc(C)n(C[C@H]2CCCCN2C(=O)[C@H](C)n2cncn2)n1. The highest BCUT2D eigenvalue weighted by molar-refractivity contribution is 5.80. The van der Waals surface area contributed by atoms with Gasteiger partial charge in [0.2, 0.25) is 5.91 Å². The topological polar surface area (TPSA) is 68.8 Å². The van der Waals surface area contributed by atoms with Crippen LogP contribution in [0.5, 0.6) is 0 Å². The smallest absolute Gasteiger partial charge is 0.247 e. The minimum atomic E-state index is -0.321. The summed E-state index contributed by atoms with van der Waals surface area (Å²) in [6.45, 7) is 7.51. The molecule has 3 rings (SSSR count). The number of carbonyl (C=O) groups excluding carboxylic acids is 1. The molecule has 7 nitrogen and oxygen atoms in total. The number of amides is 1. The fraction of sp³-hybridized carbons (Fsp3) is 0.625. The summed E-state index contributed by atoms with van der Waals surface area (Å²) in [7, 11) is 0. The predicted molar refractivity (Wildman–Crippen MR) is 85.8 cm³/mol. The molecule has 3 heterocycles. The van der Waals surface area contributed by atoms with Gasteiger partial charge in [-0.25, -0.2) is 9.67 Å². The van der Waals surface area contributed by atoms with Crippen LogP contribution in [-0.2, 0) is 11.3 Å². The van der Waals surface area contributed by atoms with E-state index in [-0.39, 0.29) is 18.0 Å². The van der Waals surface area contributed by atoms with Crippen LogP contribution >= 0.6 is 0 Å². The van der Waals surface area contributed by atoms with Crippen molar-refractivity contribution in [3.8, 4) is 0 Å². The molecule has 1 saturated heterocycles. The number of nitrogens with zero attached hydrogens (tertiary/aromatic N) is 6. The molecule has 0 N–H and O–H groups in total. The van der Waals surface area contributed by atoms with Crippen LogP contribution in [-0.4, -0.2) is 47.9 Å². The Hall–Kier alpha value is -2.18. The molecule has 2 aromatic heterocycles. The van der Waals surface area contributed by atoms with Gasteiger partial charge in [-0.05, 0) is 46.1 Å². The Morgan fingerprint density at radius 2 is 2.22 bits per heavy atom. The standard InChI is InChI=1S/C16H24N6O/c1-12-8-13(2)21(19-12)9-15-6-4-5-7-20(15)16(23)14(3)22-11-17-10-18-22/h8,10-11,14-15H,4-7,9H2,1-3H3/t14-,15+/m0/s1. The summed E-state index contributed by atoms with van der Waals surface area (Å²) in [4.78, 5) is 18.8. The highest BCUT2D eigenvalue weighted by Crippen LogP contribution is 2.22. The van der Waals surface area contributed by atoms with Gasteiger partial charge < -0.3 is 4.90 Å². The summed E-state index contributed by atoms with van der Waals surface area (Å²) >= 11 is 0. The fourth-order valence-corrected chi connectivity index (χ4v) is 3.31. The highest BCUT2D eigenvalue weighted by Gasteiger charge is 2.31. The molecular weight excluding hydrogens is 292 g/mol. The first kappa shape index (κ1) is 15.7. The summed E-state index contributed by atoms with van der Waals surface area (Å²) in [5.74, 6) is 0.113. The Bertz CT molecular complexity index is 662. The second-order valence-corrected chi connectivity index (χ2v) is 6.34. The third-order valence-electron chi connectivity index (χ3n) is 4.59. The summed E-state index contributed by atoms with van der Waals surface area (Å²) in [6.07, 6.45) is 6.30. The summed E-state index contributed by atoms with van der Waals surface area (Å²) in [5, 5.41) is 8.64. The zero-order valence-electron chi connectivity index (χ0n) is 14.0. The summed E-state index contributed by atoms with van der Waals surface area (Å²) in [6, 6.07) is 1.95. The van der Waals surface area contributed by atoms with E-state index in [4.69, 9.17) is 0 Å². The number of hydrogen-bond donors (Lipinski definition) is 0. The predicted octanol–water partition coefficient (Wildman–Crippen LogP) is 1.73. The van der Waals surface area contributed by atoms with Crippen molar-refractivity contribution in [1.82, 2.24) is 29.4 Å². The van der Waals surface area contributed by atoms with Crippen molar-refractivity contribution in [2.24, 2.45) is 0 Å². The number of rotatable bonds is 4. The van der Waals surface area contributed by atoms with E-state index in [1.54, 1.807) is 11.0 Å². The van der Waals surface area contributed by atoms with Gasteiger partial charge in [0.25, 0.3) is 0 Å². The fourth-order valence-electron chi connectivity index (χ4n) is 3.31. The normalized spacial score (nSPS) is 19.8. The van der Waals surface area contributed by atoms with Crippen LogP contribution in [0.1, 0.15) is 43.6 Å². The van der Waals surface area contributed by atoms with Gasteiger partial charge in [0, 0.05) is 12.2 Å². The van der Waals surface area contributed by atoms with E-state index < -0.39 is 0 Å². The molecule has 23 heavy (non-hydrogen) atoms. The molecule has 1 aliphatic heterocycles. The molecule has 1 aliphatic rings. The van der Waals surface area contributed by atoms with Crippen LogP contribution in [0.2, 0.25) is 0 Å². The van der Waals surface area contributed by atoms with E-state index in [1.807, 2.05) is 23.4 Å². The van der Waals surface area contributed by atoms with E-state index in [2.05, 4.69) is 28.2 Å². The summed E-state index contributed by atoms with van der Waals surface area (Å²) < 4.78 is 3.64. The third kappa shape index (κ3) is 3.28. The number of hydrogen-bond acceptors (Lipinski definition) is 4. The highest BCUT2D eigenvalue weighted by atomic mass is 16.2. The lowest BCUT2D eigenvalue weighted by molar-refractivity contribution is -0.138. The third-order valence-corrected chi connectivity index (χ3v) is 4.59. The van der Waals surface area contributed by atoms with Gasteiger partial charge in [-0.15, -0.1) is 0 Å². The van der Waals surface area contributed by atoms with E-state index in [1.165, 1.54) is 6.33 Å². The minimum absolute atomic E-state index is 0.113. The molecule has 2 aromatic rings. The number of piperidine rings is 1. The lowest BCUT2D eigenvalue weighted by atomic mass is 10.0. The Labute approximate surface area is 136 Å². The van der Waals surface area contributed by atoms with E-state index in [0.717, 1.165) is 43.7 Å². The number of aromatic nitrogens is 5. The van der Waals surface area contributed by atoms with Crippen molar-refractivity contribution in [1.29, 1.82) is 0 Å². The van der Waals surface area contributed by atoms with E-state index >= 15 is 0 Å². The molecule has 0 radical (unpaired) electrons. The first-order valence-corrected chi connectivity index (χ1v) is 8.22. The van der Waals surface area contributed by atoms with Crippen molar-refractivity contribution in [3.63, 3.8) is 0 Å². The molecule has 1 fully saturated rings. The van der Waals surface area contributed by atoms with Crippen LogP contribution in [0.25, 0.3) is 0 Å². The van der Waals surface area contributed by atoms with Crippen LogP contribution < -0.4 is 0 Å². The maximum atomic E-state index is 12.9. The average Bonchev–Trinajstić information content (AvgIpc) is 3.17. The maximum Gasteiger partial charge on any atom is 0.247 e. The van der Waals surface area contributed by atoms with Crippen molar-refractivity contribution >= 4 is 5.91 Å². The molecule has 0 saturated carbocycles. The zero-order valence-corrected chi connectivity index (χ0v) is 14.0. The van der Waals surface area contributed by atoms with E-state index in [0.29, 0.717) is 0 Å². The first-order chi connectivity index (χ1) is 11.1. The van der Waals surface area contributed by atoms with Gasteiger partial charge in [-0.1, -0.05) is 0 Å². The number of aryl methyl sites for hydroxylation is 2. The number of carbonyl (C=O) groups is 1. The monoisotopic (exact) mass is 316 g/mol. The van der Waals surface area contributed by atoms with Gasteiger partial charge >= 0.3 is 0 Å². The van der Waals surface area contributed by atoms with E-state index in [9.17, 15) is 4.79 Å². The maximum absolute atomic E-state index is 12.9. The minimum Gasteiger partial charge on any atom is -0.336 e. The van der Waals surface area contributed by atoms with Crippen molar-refractivity contribution in [2.75, 3.05) is 6.54 Å². The first-order valence-electron chi connectivity index (χ1n) is 8.22. The van der Waals surface area contributed by atoms with Crippen LogP contribution in [0.15, 0.2) is 18.7 Å². The molecule has 0 aromatic carbocycles. The Balaban J connectivity index is 1.75. The van der Waals surface area contributed by atoms with Gasteiger partial charge in [0.05, 0.1) is 18.3 Å². The molecule has 1 amide bonds. The molecule has 2 atom stereocenters. The lowest BCUT2D eigenvalue weighted by Crippen LogP contribution is -2.48. The Kier molecular flexibility index (Phi) is 4.45. The molecular formula is C16H24N6O. The van der Waals surface area contributed by atoms with Gasteiger partial charge in [0.15, 0.2) is 0 Å². The van der Waals surface area contributed by atoms with Crippen LogP contribution in [0, 0.1) is 13.8 Å². The molecule has 124 valence electrons. The average molecular weight is 316 g/mol. The van der Waals surface area contributed by atoms with Gasteiger partial charge in [0.1, 0.15) is 18.7 Å². The summed E-state index contributed by atoms with van der Waals surface area (Å²) in [5.41, 5.74) is 2.16. The van der Waals surface area contributed by atoms with Crippen molar-refractivity contribution in [2.45, 2.75) is 58.7 Å². The Morgan fingerprint density at radius 1 is 1.39 bits per heavy atom. The molecule has 0 aliphatic carbocycles. The number of likely N-dealkylation sites (tertiary alicyclic amines) is 1. The van der Waals surface area contributed by atoms with Crippen LogP contribution in [0.4, 0.5) is 0 Å². The molecule has 0 spiro atoms. The zero-order chi connectivity index (χ0) is 16.4. The second kappa shape index (κ2) is 6.52. The molecule has 0 bridgehead atoms. The molecule has 7 heteroatoms. The largest absolute Gasteiger partial charge is 0.336 e. The van der Waals surface area contributed by atoms with Crippen LogP contribution in [0.3, 0.4) is 0 Å². The lowest BCUT2D eigenvalue weighted by Gasteiger charge is -2.37. The van der Waals surface area contributed by atoms with Crippen molar-refractivity contribution < 1.29 is 4.79 Å². The van der Waals surface area contributed by atoms with Gasteiger partial charge in [-0.2, -0.15) is 10.2 Å². The quantitative estimate of drug-likeness (QED) is 0.861. The molecule has 0 unspecified atom stereocenters. The Morgan fingerprint density at radius 3 is 2.87 bits per heavy atom.